The summed E-state index contributed by atoms with van der Waals surface area (Å²) in [7, 11) is 0. The molecule has 0 unspecified atom stereocenters. The summed E-state index contributed by atoms with van der Waals surface area (Å²) >= 11 is 3.55. The third-order valence-electron chi connectivity index (χ3n) is 4.21. The molecule has 0 radical (unpaired) electrons. The first-order valence-electron chi connectivity index (χ1n) is 8.66. The fourth-order valence-electron chi connectivity index (χ4n) is 2.87. The highest BCUT2D eigenvalue weighted by Crippen LogP contribution is 2.31. The van der Waals surface area contributed by atoms with Gasteiger partial charge < -0.3 is 14.4 Å². The van der Waals surface area contributed by atoms with Gasteiger partial charge in [-0.05, 0) is 24.1 Å². The van der Waals surface area contributed by atoms with Crippen LogP contribution in [0.15, 0.2) is 34.9 Å². The van der Waals surface area contributed by atoms with Crippen LogP contribution in [-0.4, -0.2) is 41.8 Å². The van der Waals surface area contributed by atoms with Crippen molar-refractivity contribution in [3.8, 4) is 5.75 Å². The number of halogens is 1. The van der Waals surface area contributed by atoms with E-state index in [1.807, 2.05) is 38.1 Å². The van der Waals surface area contributed by atoms with Crippen molar-refractivity contribution in [3.05, 3.63) is 34.9 Å². The molecule has 1 aromatic heterocycles. The lowest BCUT2D eigenvalue weighted by Gasteiger charge is -2.31. The lowest BCUT2D eigenvalue weighted by Crippen LogP contribution is -2.42. The summed E-state index contributed by atoms with van der Waals surface area (Å²) < 4.78 is 12.5. The first kappa shape index (κ1) is 18.0. The lowest BCUT2D eigenvalue weighted by molar-refractivity contribution is 0.0622. The van der Waals surface area contributed by atoms with Gasteiger partial charge in [-0.15, -0.1) is 0 Å². The first-order valence-corrected chi connectivity index (χ1v) is 9.45. The van der Waals surface area contributed by atoms with Gasteiger partial charge >= 0.3 is 6.09 Å². The van der Waals surface area contributed by atoms with Gasteiger partial charge in [0.15, 0.2) is 0 Å². The molecule has 2 aromatic rings. The highest BCUT2D eigenvalue weighted by Gasteiger charge is 2.25. The molecule has 0 N–H and O–H groups in total. The predicted molar refractivity (Wildman–Crippen MR) is 101 cm³/mol. The molecule has 3 rings (SSSR count). The molecule has 0 spiro atoms. The molecular formula is C19H23BrN2O3. The summed E-state index contributed by atoms with van der Waals surface area (Å²) in [4.78, 5) is 18.2. The Morgan fingerprint density at radius 2 is 2.08 bits per heavy atom. The average Bonchev–Trinajstić information content (AvgIpc) is 2.63. The van der Waals surface area contributed by atoms with Crippen molar-refractivity contribution in [2.45, 2.75) is 32.8 Å². The van der Waals surface area contributed by atoms with Crippen LogP contribution in [0.4, 0.5) is 4.79 Å². The van der Waals surface area contributed by atoms with Crippen LogP contribution in [-0.2, 0) is 4.74 Å². The Kier molecular flexibility index (Phi) is 5.78. The van der Waals surface area contributed by atoms with Gasteiger partial charge in [0.05, 0.1) is 6.61 Å². The number of carbonyl (C=O) groups is 1. The van der Waals surface area contributed by atoms with Crippen molar-refractivity contribution in [1.29, 1.82) is 0 Å². The Bertz CT molecular complexity index is 743. The number of hydrogen-bond acceptors (Lipinski definition) is 4. The van der Waals surface area contributed by atoms with Crippen LogP contribution < -0.4 is 4.74 Å². The molecule has 1 amide bonds. The molecule has 0 aliphatic carbocycles. The third kappa shape index (κ3) is 4.42. The van der Waals surface area contributed by atoms with E-state index in [-0.39, 0.29) is 12.2 Å². The second kappa shape index (κ2) is 8.04. The highest BCUT2D eigenvalue weighted by atomic mass is 79.9. The van der Waals surface area contributed by atoms with Gasteiger partial charge in [-0.3, -0.25) is 4.98 Å². The van der Waals surface area contributed by atoms with Gasteiger partial charge in [0.1, 0.15) is 17.4 Å². The van der Waals surface area contributed by atoms with Crippen molar-refractivity contribution in [2.24, 2.45) is 5.92 Å². The van der Waals surface area contributed by atoms with E-state index in [0.29, 0.717) is 25.6 Å². The Labute approximate surface area is 156 Å². The van der Waals surface area contributed by atoms with Crippen LogP contribution in [0.3, 0.4) is 0 Å². The Hall–Kier alpha value is -1.82. The van der Waals surface area contributed by atoms with Crippen LogP contribution in [0.1, 0.15) is 26.7 Å². The molecule has 5 nitrogen and oxygen atoms in total. The quantitative estimate of drug-likeness (QED) is 0.742. The largest absolute Gasteiger partial charge is 0.488 e. The first-order chi connectivity index (χ1) is 12.0. The molecule has 1 aromatic carbocycles. The van der Waals surface area contributed by atoms with Crippen molar-refractivity contribution in [3.63, 3.8) is 0 Å². The number of piperidine rings is 1. The van der Waals surface area contributed by atoms with Crippen molar-refractivity contribution in [2.75, 3.05) is 19.7 Å². The molecule has 0 atom stereocenters. The molecular weight excluding hydrogens is 384 g/mol. The smallest absolute Gasteiger partial charge is 0.409 e. The Balaban J connectivity index is 1.60. The predicted octanol–water partition coefficient (Wildman–Crippen LogP) is 4.63. The fraction of sp³-hybridized carbons (Fsp3) is 0.474. The molecule has 0 saturated carbocycles. The molecule has 6 heteroatoms. The summed E-state index contributed by atoms with van der Waals surface area (Å²) in [5.74, 6) is 1.14. The summed E-state index contributed by atoms with van der Waals surface area (Å²) in [5, 5.41) is 1.04. The molecule has 134 valence electrons. The van der Waals surface area contributed by atoms with Gasteiger partial charge in [-0.1, -0.05) is 35.8 Å². The number of aromatic nitrogens is 1. The van der Waals surface area contributed by atoms with Crippen molar-refractivity contribution >= 4 is 32.9 Å². The molecule has 1 fully saturated rings. The zero-order valence-electron chi connectivity index (χ0n) is 14.6. The van der Waals surface area contributed by atoms with Crippen LogP contribution in [0.5, 0.6) is 5.75 Å². The molecule has 1 saturated heterocycles. The third-order valence-corrected chi connectivity index (χ3v) is 4.90. The number of likely N-dealkylation sites (tertiary alicyclic amines) is 1. The minimum absolute atomic E-state index is 0.0838. The van der Waals surface area contributed by atoms with Gasteiger partial charge in [-0.25, -0.2) is 4.79 Å². The van der Waals surface area contributed by atoms with E-state index >= 15 is 0 Å². The molecule has 2 heterocycles. The van der Waals surface area contributed by atoms with Crippen LogP contribution >= 0.6 is 15.9 Å². The SMILES string of the molecule is CC(C)COC(=O)N1CCC(Oc2ccc(Br)c3cccnc23)CC1. The van der Waals surface area contributed by atoms with E-state index in [0.717, 1.165) is 34.0 Å². The minimum Gasteiger partial charge on any atom is -0.488 e. The Morgan fingerprint density at radius 1 is 1.32 bits per heavy atom. The van der Waals surface area contributed by atoms with E-state index < -0.39 is 0 Å². The number of rotatable bonds is 4. The summed E-state index contributed by atoms with van der Waals surface area (Å²) in [6.07, 6.45) is 3.22. The number of ether oxygens (including phenoxy) is 2. The zero-order valence-corrected chi connectivity index (χ0v) is 16.2. The Morgan fingerprint density at radius 3 is 2.80 bits per heavy atom. The van der Waals surface area contributed by atoms with E-state index in [9.17, 15) is 4.79 Å². The van der Waals surface area contributed by atoms with Crippen LogP contribution in [0.25, 0.3) is 10.9 Å². The number of nitrogens with zero attached hydrogens (tertiary/aromatic N) is 2. The number of amides is 1. The van der Waals surface area contributed by atoms with Crippen LogP contribution in [0.2, 0.25) is 0 Å². The minimum atomic E-state index is -0.220. The van der Waals surface area contributed by atoms with Gasteiger partial charge in [-0.2, -0.15) is 0 Å². The van der Waals surface area contributed by atoms with E-state index in [1.54, 1.807) is 11.1 Å². The second-order valence-electron chi connectivity index (χ2n) is 6.72. The maximum Gasteiger partial charge on any atom is 0.409 e. The van der Waals surface area contributed by atoms with E-state index in [1.165, 1.54) is 0 Å². The maximum atomic E-state index is 12.0. The summed E-state index contributed by atoms with van der Waals surface area (Å²) in [5.41, 5.74) is 0.857. The topological polar surface area (TPSA) is 51.7 Å². The number of pyridine rings is 1. The van der Waals surface area contributed by atoms with Gasteiger partial charge in [0.25, 0.3) is 0 Å². The number of benzene rings is 1. The van der Waals surface area contributed by atoms with E-state index in [2.05, 4.69) is 20.9 Å². The van der Waals surface area contributed by atoms with E-state index in [4.69, 9.17) is 9.47 Å². The maximum absolute atomic E-state index is 12.0. The van der Waals surface area contributed by atoms with Crippen LogP contribution in [0, 0.1) is 5.92 Å². The monoisotopic (exact) mass is 406 g/mol. The van der Waals surface area contributed by atoms with Crippen molar-refractivity contribution in [1.82, 2.24) is 9.88 Å². The number of carbonyl (C=O) groups excluding carboxylic acids is 1. The normalized spacial score (nSPS) is 15.6. The number of hydrogen-bond donors (Lipinski definition) is 0. The molecule has 1 aliphatic rings. The second-order valence-corrected chi connectivity index (χ2v) is 7.57. The van der Waals surface area contributed by atoms with Crippen molar-refractivity contribution < 1.29 is 14.3 Å². The fourth-order valence-corrected chi connectivity index (χ4v) is 3.32. The van der Waals surface area contributed by atoms with Gasteiger partial charge in [0, 0.05) is 42.0 Å². The lowest BCUT2D eigenvalue weighted by atomic mass is 10.1. The zero-order chi connectivity index (χ0) is 17.8. The average molecular weight is 407 g/mol. The molecule has 0 bridgehead atoms. The molecule has 25 heavy (non-hydrogen) atoms. The molecule has 1 aliphatic heterocycles. The highest BCUT2D eigenvalue weighted by molar-refractivity contribution is 9.10. The summed E-state index contributed by atoms with van der Waals surface area (Å²) in [6, 6.07) is 7.87. The standard InChI is InChI=1S/C19H23BrN2O3/c1-13(2)12-24-19(23)22-10-7-14(8-11-22)25-17-6-5-16(20)15-4-3-9-21-18(15)17/h3-6,9,13-14H,7-8,10-12H2,1-2H3. The summed E-state index contributed by atoms with van der Waals surface area (Å²) in [6.45, 7) is 5.84. The number of fused-ring (bicyclic) bond motifs is 1. The van der Waals surface area contributed by atoms with Gasteiger partial charge in [0.2, 0.25) is 0 Å².